The fourth-order valence-corrected chi connectivity index (χ4v) is 7.29. The van der Waals surface area contributed by atoms with Crippen LogP contribution in [0.25, 0.3) is 0 Å². The third-order valence-corrected chi connectivity index (χ3v) is 6.75. The van der Waals surface area contributed by atoms with Crippen LogP contribution < -0.4 is 0 Å². The molecule has 1 aromatic heterocycles. The molecule has 0 amide bonds. The highest BCUT2D eigenvalue weighted by Gasteiger charge is 2.46. The van der Waals surface area contributed by atoms with Crippen molar-refractivity contribution in [2.24, 2.45) is 5.41 Å². The third-order valence-electron chi connectivity index (χ3n) is 2.44. The Bertz CT molecular complexity index is 456. The molecule has 2 nitrogen and oxygen atoms in total. The molecular weight excluding hydrogens is 371 g/mol. The Morgan fingerprint density at radius 3 is 2.25 bits per heavy atom. The lowest BCUT2D eigenvalue weighted by atomic mass is 10.0. The molecule has 1 heterocycles. The van der Waals surface area contributed by atoms with E-state index in [1.807, 2.05) is 33.9 Å². The van der Waals surface area contributed by atoms with Gasteiger partial charge >= 0.3 is 6.18 Å². The molecule has 0 aliphatic heterocycles. The zero-order chi connectivity index (χ0) is 15.8. The summed E-state index contributed by atoms with van der Waals surface area (Å²) < 4.78 is 45.7. The number of rotatable bonds is 4. The van der Waals surface area contributed by atoms with Crippen LogP contribution in [0.1, 0.15) is 31.8 Å². The van der Waals surface area contributed by atoms with E-state index in [0.717, 1.165) is 11.3 Å². The Labute approximate surface area is 131 Å². The summed E-state index contributed by atoms with van der Waals surface area (Å²) in [6, 6.07) is 0.659. The lowest BCUT2D eigenvalue weighted by Crippen LogP contribution is -2.40. The molecular formula is C12H19BrF3NOSSi. The topological polar surface area (TPSA) is 22.1 Å². The van der Waals surface area contributed by atoms with Gasteiger partial charge in [-0.1, -0.05) is 20.8 Å². The molecule has 116 valence electrons. The lowest BCUT2D eigenvalue weighted by molar-refractivity contribution is -0.200. The third kappa shape index (κ3) is 5.83. The van der Waals surface area contributed by atoms with E-state index in [1.165, 1.54) is 6.20 Å². The molecule has 1 aromatic rings. The number of nitrogens with zero attached hydrogens (tertiary/aromatic N) is 1. The highest BCUT2D eigenvalue weighted by Crippen LogP contribution is 2.42. The molecule has 1 atom stereocenters. The van der Waals surface area contributed by atoms with E-state index in [4.69, 9.17) is 4.43 Å². The van der Waals surface area contributed by atoms with Gasteiger partial charge in [-0.25, -0.2) is 4.98 Å². The maximum atomic E-state index is 13.2. The number of thiazole rings is 1. The average molecular weight is 390 g/mol. The summed E-state index contributed by atoms with van der Waals surface area (Å²) in [5.41, 5.74) is -0.0554. The first-order valence-corrected chi connectivity index (χ1v) is 10.9. The second-order valence-electron chi connectivity index (χ2n) is 6.55. The minimum atomic E-state index is -4.42. The molecule has 1 rings (SSSR count). The number of alkyl halides is 3. The second kappa shape index (κ2) is 6.06. The zero-order valence-electron chi connectivity index (χ0n) is 12.1. The van der Waals surface area contributed by atoms with Gasteiger partial charge in [-0.05, 0) is 40.5 Å². The maximum absolute atomic E-state index is 13.2. The summed E-state index contributed by atoms with van der Waals surface area (Å²) in [4.78, 5) is 3.92. The molecule has 0 aliphatic carbocycles. The molecule has 0 N–H and O–H groups in total. The lowest BCUT2D eigenvalue weighted by Gasteiger charge is -2.34. The van der Waals surface area contributed by atoms with Crippen molar-refractivity contribution in [1.82, 2.24) is 4.98 Å². The number of halogens is 4. The van der Waals surface area contributed by atoms with Gasteiger partial charge in [-0.3, -0.25) is 0 Å². The molecule has 0 saturated carbocycles. The van der Waals surface area contributed by atoms with Gasteiger partial charge in [0.15, 0.2) is 18.3 Å². The first-order chi connectivity index (χ1) is 8.80. The van der Waals surface area contributed by atoms with Crippen molar-refractivity contribution in [3.05, 3.63) is 15.0 Å². The first kappa shape index (κ1) is 18.1. The summed E-state index contributed by atoms with van der Waals surface area (Å²) in [5.74, 6) is 0. The SMILES string of the molecule is CC(C)(C)C[Si](C)(C)OC(c1cnc(Br)s1)C(F)(F)F. The number of hydrogen-bond donors (Lipinski definition) is 0. The minimum Gasteiger partial charge on any atom is -0.402 e. The molecule has 1 unspecified atom stereocenters. The molecule has 0 radical (unpaired) electrons. The van der Waals surface area contributed by atoms with Crippen LogP contribution in [0.4, 0.5) is 13.2 Å². The van der Waals surface area contributed by atoms with Crippen molar-refractivity contribution in [3.8, 4) is 0 Å². The van der Waals surface area contributed by atoms with Crippen LogP contribution in [0.2, 0.25) is 19.1 Å². The van der Waals surface area contributed by atoms with E-state index in [9.17, 15) is 13.2 Å². The van der Waals surface area contributed by atoms with Gasteiger partial charge in [0.2, 0.25) is 0 Å². The highest BCUT2D eigenvalue weighted by molar-refractivity contribution is 9.11. The van der Waals surface area contributed by atoms with Gasteiger partial charge in [-0.15, -0.1) is 11.3 Å². The summed E-state index contributed by atoms with van der Waals surface area (Å²) in [6.45, 7) is 9.69. The molecule has 8 heteroatoms. The Kier molecular flexibility index (Phi) is 5.49. The van der Waals surface area contributed by atoms with Crippen LogP contribution in [-0.2, 0) is 4.43 Å². The molecule has 0 spiro atoms. The van der Waals surface area contributed by atoms with Crippen molar-refractivity contribution in [2.75, 3.05) is 0 Å². The van der Waals surface area contributed by atoms with E-state index in [1.54, 1.807) is 0 Å². The average Bonchev–Trinajstić information content (AvgIpc) is 2.55. The Morgan fingerprint density at radius 2 is 1.90 bits per heavy atom. The van der Waals surface area contributed by atoms with Gasteiger partial charge in [0.25, 0.3) is 0 Å². The van der Waals surface area contributed by atoms with Gasteiger partial charge in [0.05, 0.1) is 4.88 Å². The summed E-state index contributed by atoms with van der Waals surface area (Å²) >= 11 is 4.06. The predicted octanol–water partition coefficient (Wildman–Crippen LogP) is 5.78. The quantitative estimate of drug-likeness (QED) is 0.609. The van der Waals surface area contributed by atoms with E-state index in [-0.39, 0.29) is 10.3 Å². The maximum Gasteiger partial charge on any atom is 0.418 e. The molecule has 20 heavy (non-hydrogen) atoms. The Hall–Kier alpha value is 0.0769. The van der Waals surface area contributed by atoms with Crippen LogP contribution in [0.3, 0.4) is 0 Å². The molecule has 0 aliphatic rings. The predicted molar refractivity (Wildman–Crippen MR) is 81.4 cm³/mol. The monoisotopic (exact) mass is 389 g/mol. The largest absolute Gasteiger partial charge is 0.418 e. The van der Waals surface area contributed by atoms with Crippen molar-refractivity contribution >= 4 is 35.6 Å². The smallest absolute Gasteiger partial charge is 0.402 e. The van der Waals surface area contributed by atoms with E-state index in [0.29, 0.717) is 9.96 Å². The van der Waals surface area contributed by atoms with Crippen molar-refractivity contribution < 1.29 is 17.6 Å². The van der Waals surface area contributed by atoms with Crippen LogP contribution in [0, 0.1) is 5.41 Å². The summed E-state index contributed by atoms with van der Waals surface area (Å²) in [6.07, 6.45) is -5.07. The first-order valence-electron chi connectivity index (χ1n) is 6.16. The van der Waals surface area contributed by atoms with E-state index >= 15 is 0 Å². The van der Waals surface area contributed by atoms with Crippen molar-refractivity contribution in [3.63, 3.8) is 0 Å². The Balaban J connectivity index is 2.97. The molecule has 0 saturated heterocycles. The van der Waals surface area contributed by atoms with Crippen LogP contribution in [-0.4, -0.2) is 19.5 Å². The number of hydrogen-bond acceptors (Lipinski definition) is 3. The summed E-state index contributed by atoms with van der Waals surface area (Å²) in [5, 5.41) is 0. The van der Waals surface area contributed by atoms with Crippen LogP contribution in [0.15, 0.2) is 10.1 Å². The van der Waals surface area contributed by atoms with E-state index < -0.39 is 20.6 Å². The van der Waals surface area contributed by atoms with Gasteiger partial charge in [0.1, 0.15) is 0 Å². The normalized spacial score (nSPS) is 15.4. The van der Waals surface area contributed by atoms with Crippen LogP contribution >= 0.6 is 27.3 Å². The van der Waals surface area contributed by atoms with E-state index in [2.05, 4.69) is 20.9 Å². The van der Waals surface area contributed by atoms with Gasteiger partial charge in [0, 0.05) is 6.20 Å². The summed E-state index contributed by atoms with van der Waals surface area (Å²) in [7, 11) is -2.44. The Morgan fingerprint density at radius 1 is 1.35 bits per heavy atom. The zero-order valence-corrected chi connectivity index (χ0v) is 15.5. The second-order valence-corrected chi connectivity index (χ2v) is 13.0. The van der Waals surface area contributed by atoms with Crippen molar-refractivity contribution in [2.45, 2.75) is 52.2 Å². The highest BCUT2D eigenvalue weighted by atomic mass is 79.9. The minimum absolute atomic E-state index is 0.0554. The fraction of sp³-hybridized carbons (Fsp3) is 0.750. The fourth-order valence-electron chi connectivity index (χ4n) is 2.31. The van der Waals surface area contributed by atoms with Gasteiger partial charge < -0.3 is 4.43 Å². The van der Waals surface area contributed by atoms with Crippen LogP contribution in [0.5, 0.6) is 0 Å². The molecule has 0 fully saturated rings. The standard InChI is InChI=1S/C12H19BrF3NOSSi/c1-11(2,3)7-20(4,5)18-9(12(14,15)16)8-6-17-10(13)19-8/h6,9H,7H2,1-5H3. The van der Waals surface area contributed by atoms with Crippen molar-refractivity contribution in [1.29, 1.82) is 0 Å². The molecule has 0 aromatic carbocycles. The number of aromatic nitrogens is 1. The molecule has 0 bridgehead atoms. The van der Waals surface area contributed by atoms with Gasteiger partial charge in [-0.2, -0.15) is 13.2 Å².